The van der Waals surface area contributed by atoms with Gasteiger partial charge in [-0.2, -0.15) is 4.37 Å². The Balaban J connectivity index is 2.30. The van der Waals surface area contributed by atoms with Crippen LogP contribution in [0.4, 0.5) is 16.6 Å². The number of anilines is 3. The van der Waals surface area contributed by atoms with E-state index < -0.39 is 17.9 Å². The molecule has 6 N–H and O–H groups in total. The molecule has 0 saturated heterocycles. The minimum atomic E-state index is -0.714. The molecule has 0 aromatic carbocycles. The zero-order valence-electron chi connectivity index (χ0n) is 15.2. The maximum Gasteiger partial charge on any atom is 0.271 e. The normalized spacial score (nSPS) is 12.5. The SMILES string of the molecule is Cc1cc(Nc2nc(NC(CC(C)(C)C)C(N)=O)cnc2C(N)=O)sn1. The monoisotopic (exact) mass is 377 g/mol. The predicted molar refractivity (Wildman–Crippen MR) is 101 cm³/mol. The van der Waals surface area contributed by atoms with E-state index in [9.17, 15) is 9.59 Å². The van der Waals surface area contributed by atoms with Crippen LogP contribution in [0.3, 0.4) is 0 Å². The molecule has 1 unspecified atom stereocenters. The number of nitrogens with one attached hydrogen (secondary N) is 2. The first-order chi connectivity index (χ1) is 12.0. The molecule has 2 heterocycles. The summed E-state index contributed by atoms with van der Waals surface area (Å²) in [4.78, 5) is 31.8. The number of amides is 2. The van der Waals surface area contributed by atoms with Gasteiger partial charge in [0.25, 0.3) is 5.91 Å². The van der Waals surface area contributed by atoms with Gasteiger partial charge in [0.1, 0.15) is 16.9 Å². The lowest BCUT2D eigenvalue weighted by Crippen LogP contribution is -2.38. The van der Waals surface area contributed by atoms with Crippen LogP contribution in [0.15, 0.2) is 12.3 Å². The van der Waals surface area contributed by atoms with Gasteiger partial charge in [-0.3, -0.25) is 9.59 Å². The van der Waals surface area contributed by atoms with Crippen LogP contribution in [0, 0.1) is 12.3 Å². The van der Waals surface area contributed by atoms with Gasteiger partial charge < -0.3 is 22.1 Å². The average molecular weight is 377 g/mol. The van der Waals surface area contributed by atoms with Crippen LogP contribution >= 0.6 is 11.5 Å². The fraction of sp³-hybridized carbons (Fsp3) is 0.438. The lowest BCUT2D eigenvalue weighted by Gasteiger charge is -2.25. The highest BCUT2D eigenvalue weighted by Gasteiger charge is 2.24. The number of carbonyl (C=O) groups is 2. The fourth-order valence-electron chi connectivity index (χ4n) is 2.28. The van der Waals surface area contributed by atoms with Crippen LogP contribution in [0.2, 0.25) is 0 Å². The number of nitrogens with two attached hydrogens (primary N) is 2. The zero-order chi connectivity index (χ0) is 19.5. The molecule has 26 heavy (non-hydrogen) atoms. The van der Waals surface area contributed by atoms with Gasteiger partial charge in [0, 0.05) is 0 Å². The average Bonchev–Trinajstić information content (AvgIpc) is 2.90. The second kappa shape index (κ2) is 7.65. The third kappa shape index (κ3) is 5.38. The highest BCUT2D eigenvalue weighted by molar-refractivity contribution is 7.10. The van der Waals surface area contributed by atoms with Crippen molar-refractivity contribution in [3.8, 4) is 0 Å². The number of hydrogen-bond acceptors (Lipinski definition) is 8. The molecule has 0 spiro atoms. The Morgan fingerprint density at radius 2 is 2.00 bits per heavy atom. The van der Waals surface area contributed by atoms with E-state index in [1.165, 1.54) is 17.7 Å². The number of primary amides is 2. The molecule has 0 fully saturated rings. The molecule has 140 valence electrons. The summed E-state index contributed by atoms with van der Waals surface area (Å²) in [6.07, 6.45) is 1.86. The fourth-order valence-corrected chi connectivity index (χ4v) is 2.94. The Hall–Kier alpha value is -2.75. The smallest absolute Gasteiger partial charge is 0.271 e. The van der Waals surface area contributed by atoms with Gasteiger partial charge in [-0.15, -0.1) is 0 Å². The van der Waals surface area contributed by atoms with E-state index in [0.717, 1.165) is 5.69 Å². The first-order valence-electron chi connectivity index (χ1n) is 7.98. The van der Waals surface area contributed by atoms with E-state index in [4.69, 9.17) is 11.5 Å². The highest BCUT2D eigenvalue weighted by Crippen LogP contribution is 2.25. The number of rotatable bonds is 7. The number of hydrogen-bond donors (Lipinski definition) is 4. The van der Waals surface area contributed by atoms with Gasteiger partial charge in [-0.05, 0) is 36.4 Å². The summed E-state index contributed by atoms with van der Waals surface area (Å²) >= 11 is 1.22. The summed E-state index contributed by atoms with van der Waals surface area (Å²) in [5, 5.41) is 6.66. The lowest BCUT2D eigenvalue weighted by atomic mass is 9.88. The van der Waals surface area contributed by atoms with Crippen LogP contribution in [0.5, 0.6) is 0 Å². The second-order valence-electron chi connectivity index (χ2n) is 7.14. The molecule has 0 bridgehead atoms. The summed E-state index contributed by atoms with van der Waals surface area (Å²) in [5.41, 5.74) is 11.6. The van der Waals surface area contributed by atoms with Gasteiger partial charge >= 0.3 is 0 Å². The van der Waals surface area contributed by atoms with Crippen LogP contribution in [0.1, 0.15) is 43.4 Å². The topological polar surface area (TPSA) is 149 Å². The van der Waals surface area contributed by atoms with Crippen molar-refractivity contribution in [1.29, 1.82) is 0 Å². The Morgan fingerprint density at radius 1 is 1.31 bits per heavy atom. The Kier molecular flexibility index (Phi) is 5.76. The zero-order valence-corrected chi connectivity index (χ0v) is 16.0. The summed E-state index contributed by atoms with van der Waals surface area (Å²) < 4.78 is 4.16. The molecule has 2 aromatic rings. The van der Waals surface area contributed by atoms with Crippen molar-refractivity contribution in [3.05, 3.63) is 23.7 Å². The van der Waals surface area contributed by atoms with E-state index >= 15 is 0 Å². The first-order valence-corrected chi connectivity index (χ1v) is 8.75. The molecule has 2 aromatic heterocycles. The molecule has 0 radical (unpaired) electrons. The van der Waals surface area contributed by atoms with Gasteiger partial charge in [0.15, 0.2) is 11.5 Å². The molecule has 0 aliphatic rings. The quantitative estimate of drug-likeness (QED) is 0.574. The molecule has 2 amide bonds. The third-order valence-corrected chi connectivity index (χ3v) is 4.15. The van der Waals surface area contributed by atoms with Crippen molar-refractivity contribution in [2.75, 3.05) is 10.6 Å². The lowest BCUT2D eigenvalue weighted by molar-refractivity contribution is -0.119. The summed E-state index contributed by atoms with van der Waals surface area (Å²) in [6.45, 7) is 7.87. The van der Waals surface area contributed by atoms with Crippen LogP contribution in [-0.4, -0.2) is 32.2 Å². The molecule has 1 atom stereocenters. The van der Waals surface area contributed by atoms with Crippen LogP contribution in [-0.2, 0) is 4.79 Å². The molecule has 10 heteroatoms. The number of aromatic nitrogens is 3. The molecule has 0 aliphatic carbocycles. The van der Waals surface area contributed by atoms with Gasteiger partial charge in [-0.25, -0.2) is 9.97 Å². The van der Waals surface area contributed by atoms with Crippen LogP contribution in [0.25, 0.3) is 0 Å². The largest absolute Gasteiger partial charge is 0.368 e. The molecule has 2 rings (SSSR count). The van der Waals surface area contributed by atoms with Crippen molar-refractivity contribution in [2.24, 2.45) is 16.9 Å². The van der Waals surface area contributed by atoms with E-state index in [0.29, 0.717) is 17.2 Å². The Morgan fingerprint density at radius 3 is 2.50 bits per heavy atom. The van der Waals surface area contributed by atoms with Crippen molar-refractivity contribution >= 4 is 40.0 Å². The van der Waals surface area contributed by atoms with E-state index in [-0.39, 0.29) is 16.9 Å². The highest BCUT2D eigenvalue weighted by atomic mass is 32.1. The first kappa shape index (κ1) is 19.6. The molecular weight excluding hydrogens is 354 g/mol. The van der Waals surface area contributed by atoms with E-state index in [1.807, 2.05) is 33.8 Å². The van der Waals surface area contributed by atoms with E-state index in [1.54, 1.807) is 0 Å². The maximum atomic E-state index is 11.8. The van der Waals surface area contributed by atoms with Gasteiger partial charge in [0.2, 0.25) is 5.91 Å². The summed E-state index contributed by atoms with van der Waals surface area (Å²) in [6, 6.07) is 1.19. The van der Waals surface area contributed by atoms with Crippen molar-refractivity contribution in [1.82, 2.24) is 14.3 Å². The van der Waals surface area contributed by atoms with Crippen molar-refractivity contribution < 1.29 is 9.59 Å². The predicted octanol–water partition coefficient (Wildman–Crippen LogP) is 1.79. The van der Waals surface area contributed by atoms with Crippen molar-refractivity contribution in [2.45, 2.75) is 40.2 Å². The molecule has 0 saturated carbocycles. The van der Waals surface area contributed by atoms with Crippen molar-refractivity contribution in [3.63, 3.8) is 0 Å². The number of nitrogens with zero attached hydrogens (tertiary/aromatic N) is 3. The second-order valence-corrected chi connectivity index (χ2v) is 7.94. The molecule has 9 nitrogen and oxygen atoms in total. The minimum Gasteiger partial charge on any atom is -0.368 e. The maximum absolute atomic E-state index is 11.8. The van der Waals surface area contributed by atoms with Crippen LogP contribution < -0.4 is 22.1 Å². The number of aryl methyl sites for hydroxylation is 1. The van der Waals surface area contributed by atoms with Gasteiger partial charge in [0.05, 0.1) is 11.9 Å². The summed E-state index contributed by atoms with van der Waals surface area (Å²) in [7, 11) is 0. The minimum absolute atomic E-state index is 0.00644. The number of carbonyl (C=O) groups excluding carboxylic acids is 2. The standard InChI is InChI=1S/C16H23N7O2S/c1-8-5-11(26-23-8)22-15-12(14(18)25)19-7-10(21-15)20-9(13(17)24)6-16(2,3)4/h5,7,9H,6H2,1-4H3,(H2,17,24)(H2,18,25)(H2,20,21,22). The molecule has 0 aliphatic heterocycles. The Bertz CT molecular complexity index is 813. The van der Waals surface area contributed by atoms with Gasteiger partial charge in [-0.1, -0.05) is 20.8 Å². The third-order valence-electron chi connectivity index (χ3n) is 3.36. The Labute approximate surface area is 155 Å². The molecular formula is C16H23N7O2S. The van der Waals surface area contributed by atoms with E-state index in [2.05, 4.69) is 25.0 Å². The summed E-state index contributed by atoms with van der Waals surface area (Å²) in [5.74, 6) is -0.709.